The molecule has 0 radical (unpaired) electrons. The largest absolute Gasteiger partial charge is 0.481 e. The van der Waals surface area contributed by atoms with Gasteiger partial charge in [0, 0.05) is 12.4 Å². The van der Waals surface area contributed by atoms with Crippen LogP contribution in [0.25, 0.3) is 0 Å². The Bertz CT molecular complexity index is 649. The summed E-state index contributed by atoms with van der Waals surface area (Å²) in [6, 6.07) is 1.82. The molecule has 0 atom stereocenters. The van der Waals surface area contributed by atoms with Gasteiger partial charge >= 0.3 is 11.7 Å². The van der Waals surface area contributed by atoms with Gasteiger partial charge in [-0.1, -0.05) is 11.8 Å². The van der Waals surface area contributed by atoms with Crippen LogP contribution in [-0.2, 0) is 11.3 Å². The Hall–Kier alpha value is -2.09. The highest BCUT2D eigenvalue weighted by Crippen LogP contribution is 2.15. The molecule has 2 N–H and O–H groups in total. The van der Waals surface area contributed by atoms with Crippen molar-refractivity contribution in [2.45, 2.75) is 18.6 Å². The summed E-state index contributed by atoms with van der Waals surface area (Å²) in [6.07, 6.45) is 3.36. The number of hydrogen-bond acceptors (Lipinski definition) is 5. The summed E-state index contributed by atoms with van der Waals surface area (Å²) in [5, 5.41) is 15.2. The van der Waals surface area contributed by atoms with E-state index in [1.165, 1.54) is 4.57 Å². The molecule has 0 saturated carbocycles. The van der Waals surface area contributed by atoms with Gasteiger partial charge in [-0.3, -0.25) is 14.3 Å². The van der Waals surface area contributed by atoms with E-state index in [0.29, 0.717) is 11.7 Å². The zero-order valence-electron chi connectivity index (χ0n) is 10.2. The molecular weight excluding hydrogens is 268 g/mol. The fourth-order valence-electron chi connectivity index (χ4n) is 1.53. The van der Waals surface area contributed by atoms with Crippen LogP contribution in [-0.4, -0.2) is 36.6 Å². The number of carboxylic acid groups (broad SMARTS) is 1. The zero-order valence-corrected chi connectivity index (χ0v) is 11.0. The van der Waals surface area contributed by atoms with Gasteiger partial charge < -0.3 is 5.11 Å². The predicted molar refractivity (Wildman–Crippen MR) is 69.3 cm³/mol. The van der Waals surface area contributed by atoms with Crippen molar-refractivity contribution in [2.24, 2.45) is 0 Å². The van der Waals surface area contributed by atoms with Crippen molar-refractivity contribution in [1.29, 1.82) is 0 Å². The second-order valence-electron chi connectivity index (χ2n) is 3.88. The Labute approximate surface area is 112 Å². The Morgan fingerprint density at radius 1 is 1.58 bits per heavy atom. The molecule has 7 nitrogen and oxygen atoms in total. The van der Waals surface area contributed by atoms with Crippen LogP contribution in [0.3, 0.4) is 0 Å². The quantitative estimate of drug-likeness (QED) is 0.773. The number of rotatable bonds is 5. The second kappa shape index (κ2) is 5.70. The molecule has 2 rings (SSSR count). The third-order valence-electron chi connectivity index (χ3n) is 2.51. The number of thioether (sulfide) groups is 1. The highest BCUT2D eigenvalue weighted by molar-refractivity contribution is 7.99. The van der Waals surface area contributed by atoms with E-state index in [1.807, 2.05) is 13.0 Å². The molecule has 0 spiro atoms. The molecule has 0 amide bonds. The molecule has 100 valence electrons. The lowest BCUT2D eigenvalue weighted by molar-refractivity contribution is -0.133. The topological polar surface area (TPSA) is 101 Å². The lowest BCUT2D eigenvalue weighted by Crippen LogP contribution is -2.19. The first kappa shape index (κ1) is 13.3. The van der Waals surface area contributed by atoms with E-state index < -0.39 is 5.97 Å². The fraction of sp³-hybridized carbons (Fsp3) is 0.273. The van der Waals surface area contributed by atoms with Gasteiger partial charge in [0.2, 0.25) is 0 Å². The van der Waals surface area contributed by atoms with Crippen LogP contribution in [0, 0.1) is 6.92 Å². The van der Waals surface area contributed by atoms with Gasteiger partial charge in [-0.15, -0.1) is 5.10 Å². The normalized spacial score (nSPS) is 10.6. The fourth-order valence-corrected chi connectivity index (χ4v) is 2.20. The van der Waals surface area contributed by atoms with Crippen molar-refractivity contribution in [3.8, 4) is 0 Å². The van der Waals surface area contributed by atoms with E-state index in [1.54, 1.807) is 12.4 Å². The van der Waals surface area contributed by atoms with E-state index in [2.05, 4.69) is 15.2 Å². The summed E-state index contributed by atoms with van der Waals surface area (Å²) in [5.41, 5.74) is 1.55. The number of hydrogen-bond donors (Lipinski definition) is 2. The highest BCUT2D eigenvalue weighted by atomic mass is 32.2. The number of aromatic amines is 1. The molecule has 0 aliphatic carbocycles. The number of nitrogens with one attached hydrogen (secondary N) is 1. The number of H-pyrrole nitrogens is 1. The van der Waals surface area contributed by atoms with Gasteiger partial charge in [0.1, 0.15) is 0 Å². The van der Waals surface area contributed by atoms with Gasteiger partial charge in [-0.25, -0.2) is 9.89 Å². The third kappa shape index (κ3) is 3.22. The number of carbonyl (C=O) groups is 1. The Morgan fingerprint density at radius 2 is 2.37 bits per heavy atom. The van der Waals surface area contributed by atoms with E-state index in [9.17, 15) is 9.59 Å². The standard InChI is InChI=1S/C11H12N4O3S/c1-7-4-12-3-2-8(7)5-15-10(18)13-14-11(15)19-6-9(16)17/h2-4H,5-6H2,1H3,(H,13,18)(H,16,17). The Morgan fingerprint density at radius 3 is 3.05 bits per heavy atom. The number of aromatic nitrogens is 4. The molecule has 0 bridgehead atoms. The molecule has 0 aliphatic heterocycles. The van der Waals surface area contributed by atoms with Crippen LogP contribution in [0.2, 0.25) is 0 Å². The summed E-state index contributed by atoms with van der Waals surface area (Å²) in [7, 11) is 0. The first-order valence-electron chi connectivity index (χ1n) is 5.47. The molecule has 0 aliphatic rings. The minimum absolute atomic E-state index is 0.139. The lowest BCUT2D eigenvalue weighted by atomic mass is 10.1. The molecular formula is C11H12N4O3S. The van der Waals surface area contributed by atoms with Crippen LogP contribution in [0.15, 0.2) is 28.4 Å². The van der Waals surface area contributed by atoms with E-state index in [4.69, 9.17) is 5.11 Å². The van der Waals surface area contributed by atoms with Gasteiger partial charge in [0.05, 0.1) is 12.3 Å². The lowest BCUT2D eigenvalue weighted by Gasteiger charge is -2.07. The maximum atomic E-state index is 11.7. The molecule has 0 aromatic carbocycles. The van der Waals surface area contributed by atoms with Crippen LogP contribution < -0.4 is 5.69 Å². The number of nitrogens with zero attached hydrogens (tertiary/aromatic N) is 3. The zero-order chi connectivity index (χ0) is 13.8. The van der Waals surface area contributed by atoms with Crippen LogP contribution >= 0.6 is 11.8 Å². The average Bonchev–Trinajstić information content (AvgIpc) is 2.71. The summed E-state index contributed by atoms with van der Waals surface area (Å²) in [4.78, 5) is 26.2. The molecule has 0 saturated heterocycles. The molecule has 2 aromatic rings. The van der Waals surface area contributed by atoms with Crippen LogP contribution in [0.1, 0.15) is 11.1 Å². The molecule has 19 heavy (non-hydrogen) atoms. The minimum atomic E-state index is -0.952. The van der Waals surface area contributed by atoms with Crippen molar-refractivity contribution < 1.29 is 9.90 Å². The minimum Gasteiger partial charge on any atom is -0.481 e. The number of carboxylic acids is 1. The number of pyridine rings is 1. The summed E-state index contributed by atoms with van der Waals surface area (Å²) < 4.78 is 1.41. The first-order chi connectivity index (χ1) is 9.08. The molecule has 8 heteroatoms. The smallest absolute Gasteiger partial charge is 0.344 e. The van der Waals surface area contributed by atoms with Crippen molar-refractivity contribution in [1.82, 2.24) is 19.7 Å². The summed E-state index contributed by atoms with van der Waals surface area (Å²) in [5.74, 6) is -1.09. The molecule has 2 heterocycles. The van der Waals surface area contributed by atoms with Crippen LogP contribution in [0.4, 0.5) is 0 Å². The third-order valence-corrected chi connectivity index (χ3v) is 3.47. The predicted octanol–water partition coefficient (Wildman–Crippen LogP) is 0.500. The van der Waals surface area contributed by atoms with Gasteiger partial charge in [-0.05, 0) is 24.1 Å². The van der Waals surface area contributed by atoms with Crippen molar-refractivity contribution in [3.63, 3.8) is 0 Å². The Kier molecular flexibility index (Phi) is 4.00. The van der Waals surface area contributed by atoms with Crippen molar-refractivity contribution in [2.75, 3.05) is 5.75 Å². The summed E-state index contributed by atoms with van der Waals surface area (Å²) >= 11 is 1.01. The maximum absolute atomic E-state index is 11.7. The van der Waals surface area contributed by atoms with E-state index in [0.717, 1.165) is 22.9 Å². The van der Waals surface area contributed by atoms with Crippen molar-refractivity contribution >= 4 is 17.7 Å². The first-order valence-corrected chi connectivity index (χ1v) is 6.46. The van der Waals surface area contributed by atoms with Gasteiger partial charge in [0.15, 0.2) is 5.16 Å². The van der Waals surface area contributed by atoms with Gasteiger partial charge in [0.25, 0.3) is 0 Å². The van der Waals surface area contributed by atoms with Gasteiger partial charge in [-0.2, -0.15) is 0 Å². The molecule has 0 fully saturated rings. The summed E-state index contributed by atoms with van der Waals surface area (Å²) in [6.45, 7) is 2.24. The van der Waals surface area contributed by atoms with E-state index >= 15 is 0 Å². The number of aryl methyl sites for hydroxylation is 1. The monoisotopic (exact) mass is 280 g/mol. The SMILES string of the molecule is Cc1cnccc1Cn1c(SCC(=O)O)n[nH]c1=O. The van der Waals surface area contributed by atoms with E-state index in [-0.39, 0.29) is 11.4 Å². The Balaban J connectivity index is 2.25. The van der Waals surface area contributed by atoms with Crippen molar-refractivity contribution in [3.05, 3.63) is 40.1 Å². The second-order valence-corrected chi connectivity index (χ2v) is 4.82. The maximum Gasteiger partial charge on any atom is 0.344 e. The highest BCUT2D eigenvalue weighted by Gasteiger charge is 2.12. The number of aliphatic carboxylic acids is 1. The molecule has 0 unspecified atom stereocenters. The molecule has 2 aromatic heterocycles. The average molecular weight is 280 g/mol. The van der Waals surface area contributed by atoms with Crippen LogP contribution in [0.5, 0.6) is 0 Å².